The smallest absolute Gasteiger partial charge is 0.362 e. The van der Waals surface area contributed by atoms with Crippen LogP contribution in [-0.2, 0) is 17.2 Å². The van der Waals surface area contributed by atoms with Crippen molar-refractivity contribution in [3.05, 3.63) is 31.1 Å². The van der Waals surface area contributed by atoms with E-state index in [1.54, 1.807) is 12.5 Å². The van der Waals surface area contributed by atoms with Crippen LogP contribution < -0.4 is 0 Å². The second-order valence-electron chi connectivity index (χ2n) is 6.43. The maximum absolute atomic E-state index is 10.7. The molecule has 172 valence electrons. The van der Waals surface area contributed by atoms with E-state index in [1.807, 2.05) is 17.8 Å². The molecule has 1 aromatic rings. The molecule has 0 radical (unpaired) electrons. The summed E-state index contributed by atoms with van der Waals surface area (Å²) in [5, 5.41) is 0. The predicted octanol–water partition coefficient (Wildman–Crippen LogP) is 4.26. The van der Waals surface area contributed by atoms with Crippen LogP contribution in [0.5, 0.6) is 0 Å². The Morgan fingerprint density at radius 1 is 1.07 bits per heavy atom. The molecule has 0 aliphatic carbocycles. The van der Waals surface area contributed by atoms with Crippen molar-refractivity contribution < 1.29 is 26.1 Å². The summed E-state index contributed by atoms with van der Waals surface area (Å²) in [7, 11) is -1.78. The zero-order valence-electron chi connectivity index (χ0n) is 17.0. The van der Waals surface area contributed by atoms with Gasteiger partial charge in [0, 0.05) is 45.4 Å². The number of alkyl halides is 3. The lowest BCUT2D eigenvalue weighted by Gasteiger charge is -2.17. The van der Waals surface area contributed by atoms with Gasteiger partial charge in [-0.2, -0.15) is 21.6 Å². The van der Waals surface area contributed by atoms with Gasteiger partial charge in [-0.3, -0.25) is 4.55 Å². The first-order valence-corrected chi connectivity index (χ1v) is 10.5. The lowest BCUT2D eigenvalue weighted by molar-refractivity contribution is -0.0510. The summed E-state index contributed by atoms with van der Waals surface area (Å²) in [6.45, 7) is 4.58. The van der Waals surface area contributed by atoms with Gasteiger partial charge in [0.25, 0.3) is 0 Å². The van der Waals surface area contributed by atoms with Crippen molar-refractivity contribution in [2.45, 2.75) is 51.0 Å². The van der Waals surface area contributed by atoms with E-state index >= 15 is 0 Å². The Balaban J connectivity index is 0. The van der Waals surface area contributed by atoms with Crippen LogP contribution in [0.1, 0.15) is 45.4 Å². The van der Waals surface area contributed by atoms with Gasteiger partial charge in [0.1, 0.15) is 0 Å². The van der Waals surface area contributed by atoms with E-state index in [4.69, 9.17) is 13.0 Å². The van der Waals surface area contributed by atoms with Crippen molar-refractivity contribution in [3.63, 3.8) is 0 Å². The molecule has 2 heterocycles. The standard InChI is InChI=1S/C12H24N2.C4H6N2.CHF3O3S.ClH/c1-3-4-5-6-7-8-9-14-11-10-13(2)12-14;1-6-3-2-5-4-6;2-1(3,4)8(5,6)7;/h10-11H,3-9,12H2,1-2H3;2-4H,1H3;(H,5,6,7);1H. The molecule has 0 unspecified atom stereocenters. The molecular weight excluding hydrogens is 433 g/mol. The van der Waals surface area contributed by atoms with E-state index in [0.29, 0.717) is 0 Å². The molecule has 0 aromatic carbocycles. The van der Waals surface area contributed by atoms with Crippen molar-refractivity contribution in [2.75, 3.05) is 20.3 Å². The number of imidazole rings is 1. The molecule has 0 amide bonds. The first-order chi connectivity index (χ1) is 13.0. The van der Waals surface area contributed by atoms with Gasteiger partial charge in [-0.05, 0) is 6.42 Å². The summed E-state index contributed by atoms with van der Waals surface area (Å²) in [6.07, 6.45) is 18.1. The SMILES string of the molecule is CCCCCCCCN1C=CN(C)C1.Cl.Cn1ccnc1.O=S(=O)(O)C(F)(F)F. The van der Waals surface area contributed by atoms with Crippen LogP contribution in [0.3, 0.4) is 0 Å². The van der Waals surface area contributed by atoms with Crippen molar-refractivity contribution in [1.29, 1.82) is 0 Å². The highest BCUT2D eigenvalue weighted by Gasteiger charge is 2.44. The summed E-state index contributed by atoms with van der Waals surface area (Å²) in [6, 6.07) is 0. The Morgan fingerprint density at radius 3 is 1.97 bits per heavy atom. The minimum absolute atomic E-state index is 0. The molecular formula is C17H32ClF3N4O3S. The van der Waals surface area contributed by atoms with Gasteiger partial charge in [0.2, 0.25) is 0 Å². The molecule has 1 aliphatic rings. The highest BCUT2D eigenvalue weighted by atomic mass is 35.5. The quantitative estimate of drug-likeness (QED) is 0.369. The van der Waals surface area contributed by atoms with Crippen molar-refractivity contribution in [3.8, 4) is 0 Å². The number of rotatable bonds is 7. The van der Waals surface area contributed by atoms with Gasteiger partial charge in [0.05, 0.1) is 13.0 Å². The molecule has 0 bridgehead atoms. The molecule has 0 saturated heterocycles. The fourth-order valence-corrected chi connectivity index (χ4v) is 2.16. The number of nitrogens with zero attached hydrogens (tertiary/aromatic N) is 4. The molecule has 1 aromatic heterocycles. The molecule has 1 aliphatic heterocycles. The van der Waals surface area contributed by atoms with Crippen LogP contribution in [0.25, 0.3) is 0 Å². The number of aromatic nitrogens is 2. The van der Waals surface area contributed by atoms with Crippen LogP contribution >= 0.6 is 12.4 Å². The van der Waals surface area contributed by atoms with Crippen LogP contribution in [0, 0.1) is 0 Å². The molecule has 2 rings (SSSR count). The zero-order valence-corrected chi connectivity index (χ0v) is 18.7. The fourth-order valence-electron chi connectivity index (χ4n) is 2.16. The first-order valence-electron chi connectivity index (χ1n) is 9.05. The lowest BCUT2D eigenvalue weighted by Crippen LogP contribution is -2.23. The summed E-state index contributed by atoms with van der Waals surface area (Å²) < 4.78 is 59.4. The van der Waals surface area contributed by atoms with Crippen molar-refractivity contribution in [1.82, 2.24) is 19.4 Å². The fraction of sp³-hybridized carbons (Fsp3) is 0.706. The van der Waals surface area contributed by atoms with Gasteiger partial charge in [0.15, 0.2) is 0 Å². The Bertz CT molecular complexity index is 641. The average molecular weight is 465 g/mol. The van der Waals surface area contributed by atoms with Gasteiger partial charge in [-0.15, -0.1) is 12.4 Å². The highest BCUT2D eigenvalue weighted by Crippen LogP contribution is 2.20. The predicted molar refractivity (Wildman–Crippen MR) is 110 cm³/mol. The first kappa shape index (κ1) is 29.7. The molecule has 29 heavy (non-hydrogen) atoms. The average Bonchev–Trinajstić information content (AvgIpc) is 3.21. The number of hydrogen-bond donors (Lipinski definition) is 1. The van der Waals surface area contributed by atoms with E-state index in [2.05, 4.69) is 41.2 Å². The topological polar surface area (TPSA) is 78.7 Å². The second-order valence-corrected chi connectivity index (χ2v) is 7.84. The lowest BCUT2D eigenvalue weighted by atomic mass is 10.1. The largest absolute Gasteiger partial charge is 0.522 e. The van der Waals surface area contributed by atoms with Crippen molar-refractivity contribution >= 4 is 22.5 Å². The van der Waals surface area contributed by atoms with Gasteiger partial charge >= 0.3 is 15.6 Å². The maximum Gasteiger partial charge on any atom is 0.522 e. The number of halogens is 4. The number of aryl methyl sites for hydroxylation is 1. The maximum atomic E-state index is 10.7. The minimum atomic E-state index is -5.84. The number of hydrogen-bond acceptors (Lipinski definition) is 5. The minimum Gasteiger partial charge on any atom is -0.362 e. The Hall–Kier alpha value is -1.46. The van der Waals surface area contributed by atoms with Crippen LogP contribution in [0.4, 0.5) is 13.2 Å². The molecule has 0 fully saturated rings. The van der Waals surface area contributed by atoms with Gasteiger partial charge in [-0.25, -0.2) is 4.98 Å². The second kappa shape index (κ2) is 15.4. The summed E-state index contributed by atoms with van der Waals surface area (Å²) >= 11 is 0. The van der Waals surface area contributed by atoms with Gasteiger partial charge < -0.3 is 14.4 Å². The summed E-state index contributed by atoms with van der Waals surface area (Å²) in [4.78, 5) is 8.39. The van der Waals surface area contributed by atoms with Crippen LogP contribution in [0.15, 0.2) is 31.1 Å². The monoisotopic (exact) mass is 464 g/mol. The molecule has 1 N–H and O–H groups in total. The van der Waals surface area contributed by atoms with E-state index in [0.717, 1.165) is 6.67 Å². The zero-order chi connectivity index (χ0) is 21.6. The van der Waals surface area contributed by atoms with E-state index in [1.165, 1.54) is 45.1 Å². The third-order valence-corrected chi connectivity index (χ3v) is 4.25. The van der Waals surface area contributed by atoms with E-state index in [-0.39, 0.29) is 12.4 Å². The molecule has 0 saturated carbocycles. The Morgan fingerprint density at radius 2 is 1.62 bits per heavy atom. The molecule has 7 nitrogen and oxygen atoms in total. The Kier molecular flexibility index (Phi) is 15.8. The summed E-state index contributed by atoms with van der Waals surface area (Å²) in [5.74, 6) is 0. The van der Waals surface area contributed by atoms with Crippen LogP contribution in [0.2, 0.25) is 0 Å². The molecule has 12 heteroatoms. The third kappa shape index (κ3) is 16.1. The van der Waals surface area contributed by atoms with Crippen molar-refractivity contribution in [2.24, 2.45) is 7.05 Å². The van der Waals surface area contributed by atoms with Gasteiger partial charge in [-0.1, -0.05) is 39.0 Å². The number of unbranched alkanes of at least 4 members (excludes halogenated alkanes) is 5. The molecule has 0 atom stereocenters. The van der Waals surface area contributed by atoms with Crippen LogP contribution in [-0.4, -0.2) is 58.1 Å². The van der Waals surface area contributed by atoms with E-state index < -0.39 is 15.6 Å². The molecule has 0 spiro atoms. The highest BCUT2D eigenvalue weighted by molar-refractivity contribution is 7.86. The normalized spacial score (nSPS) is 13.2. The third-order valence-electron chi connectivity index (χ3n) is 3.66. The Labute approximate surface area is 177 Å². The van der Waals surface area contributed by atoms with E-state index in [9.17, 15) is 13.2 Å². The summed E-state index contributed by atoms with van der Waals surface area (Å²) in [5.41, 5.74) is -5.53.